The number of hydrogen-bond acceptors (Lipinski definition) is 5. The zero-order valence-electron chi connectivity index (χ0n) is 54.3. The van der Waals surface area contributed by atoms with Crippen LogP contribution >= 0.6 is 0 Å². The van der Waals surface area contributed by atoms with Crippen LogP contribution in [0.3, 0.4) is 0 Å². The van der Waals surface area contributed by atoms with Gasteiger partial charge < -0.3 is 20.3 Å². The van der Waals surface area contributed by atoms with Crippen LogP contribution in [-0.4, -0.2) is 47.4 Å². The molecular weight excluding hydrogens is 983 g/mol. The van der Waals surface area contributed by atoms with Crippen LogP contribution in [0.4, 0.5) is 0 Å². The first-order valence-corrected chi connectivity index (χ1v) is 36.6. The number of hydrogen-bond donors (Lipinski definition) is 3. The van der Waals surface area contributed by atoms with Gasteiger partial charge in [-0.2, -0.15) is 0 Å². The minimum atomic E-state index is -0.849. The molecule has 0 aliphatic rings. The van der Waals surface area contributed by atoms with Crippen LogP contribution in [0.1, 0.15) is 412 Å². The Balaban J connectivity index is 3.42. The number of esters is 1. The summed E-state index contributed by atoms with van der Waals surface area (Å²) in [6.07, 6.45) is 88.3. The lowest BCUT2D eigenvalue weighted by Gasteiger charge is -2.20. The monoisotopic (exact) mass is 1130 g/mol. The number of allylic oxidation sites excluding steroid dienone is 3. The Kier molecular flexibility index (Phi) is 68.4. The van der Waals surface area contributed by atoms with Crippen LogP contribution < -0.4 is 5.32 Å². The van der Waals surface area contributed by atoms with Crippen molar-refractivity contribution in [3.05, 3.63) is 24.3 Å². The Morgan fingerprint density at radius 2 is 0.588 bits per heavy atom. The third-order valence-electron chi connectivity index (χ3n) is 17.2. The Bertz CT molecular complexity index is 1250. The van der Waals surface area contributed by atoms with Gasteiger partial charge in [-0.3, -0.25) is 9.59 Å². The van der Waals surface area contributed by atoms with Crippen molar-refractivity contribution in [1.29, 1.82) is 0 Å². The van der Waals surface area contributed by atoms with Gasteiger partial charge in [-0.1, -0.05) is 366 Å². The molecule has 0 radical (unpaired) electrons. The average molecular weight is 1130 g/mol. The molecule has 2 unspecified atom stereocenters. The molecule has 0 aromatic rings. The summed E-state index contributed by atoms with van der Waals surface area (Å²) in [7, 11) is 0. The first-order valence-electron chi connectivity index (χ1n) is 36.6. The fourth-order valence-electron chi connectivity index (χ4n) is 11.6. The van der Waals surface area contributed by atoms with Gasteiger partial charge in [0.1, 0.15) is 0 Å². The predicted octanol–water partition coefficient (Wildman–Crippen LogP) is 23.7. The summed E-state index contributed by atoms with van der Waals surface area (Å²) in [5.41, 5.74) is 0. The molecule has 474 valence electrons. The molecule has 0 heterocycles. The molecule has 1 amide bonds. The maximum absolute atomic E-state index is 12.5. The molecule has 2 atom stereocenters. The molecule has 0 aliphatic heterocycles. The number of amides is 1. The fraction of sp³-hybridized carbons (Fsp3) is 0.919. The quantitative estimate of drug-likeness (QED) is 0.0320. The second-order valence-corrected chi connectivity index (χ2v) is 25.3. The van der Waals surface area contributed by atoms with Crippen LogP contribution in [-0.2, 0) is 14.3 Å². The van der Waals surface area contributed by atoms with E-state index in [2.05, 4.69) is 31.3 Å². The Morgan fingerprint density at radius 1 is 0.338 bits per heavy atom. The number of aliphatic hydroxyl groups is 2. The highest BCUT2D eigenvalue weighted by atomic mass is 16.5. The van der Waals surface area contributed by atoms with Crippen molar-refractivity contribution in [1.82, 2.24) is 5.32 Å². The summed E-state index contributed by atoms with van der Waals surface area (Å²) in [4.78, 5) is 24.6. The van der Waals surface area contributed by atoms with Gasteiger partial charge in [-0.25, -0.2) is 0 Å². The molecule has 0 rings (SSSR count). The third-order valence-corrected chi connectivity index (χ3v) is 17.2. The summed E-state index contributed by atoms with van der Waals surface area (Å²) in [6.45, 7) is 4.95. The van der Waals surface area contributed by atoms with Gasteiger partial charge in [0.2, 0.25) is 5.91 Å². The van der Waals surface area contributed by atoms with Gasteiger partial charge in [-0.15, -0.1) is 0 Å². The lowest BCUT2D eigenvalue weighted by atomic mass is 10.0. The van der Waals surface area contributed by atoms with Gasteiger partial charge in [0.05, 0.1) is 25.4 Å². The highest BCUT2D eigenvalue weighted by molar-refractivity contribution is 5.76. The topological polar surface area (TPSA) is 95.9 Å². The van der Waals surface area contributed by atoms with Crippen molar-refractivity contribution >= 4 is 11.9 Å². The van der Waals surface area contributed by atoms with Crippen molar-refractivity contribution in [3.8, 4) is 0 Å². The summed E-state index contributed by atoms with van der Waals surface area (Å²) < 4.78 is 5.50. The number of carbonyl (C=O) groups excluding carboxylic acids is 2. The summed E-state index contributed by atoms with van der Waals surface area (Å²) >= 11 is 0. The smallest absolute Gasteiger partial charge is 0.305 e. The SMILES string of the molecule is CCCCCCCCCCCCCCCCCCCCCCCC/C=C/C(O)C(CO)NC(=O)CCCCCCCCCC/C=C\CCCCCCCCCCCCCCOC(=O)CCCCCCCCCCCCCCCCC. The molecule has 6 heteroatoms. The summed E-state index contributed by atoms with van der Waals surface area (Å²) in [5, 5.41) is 23.3. The van der Waals surface area contributed by atoms with E-state index in [4.69, 9.17) is 4.74 Å². The molecule has 0 saturated heterocycles. The first kappa shape index (κ1) is 78.3. The van der Waals surface area contributed by atoms with E-state index >= 15 is 0 Å². The summed E-state index contributed by atoms with van der Waals surface area (Å²) in [5.74, 6) is -0.0519. The van der Waals surface area contributed by atoms with Gasteiger partial charge in [0.15, 0.2) is 0 Å². The molecular formula is C74H143NO5. The average Bonchev–Trinajstić information content (AvgIpc) is 3.46. The fourth-order valence-corrected chi connectivity index (χ4v) is 11.6. The highest BCUT2D eigenvalue weighted by Crippen LogP contribution is 2.19. The van der Waals surface area contributed by atoms with Gasteiger partial charge in [-0.05, 0) is 57.8 Å². The second-order valence-electron chi connectivity index (χ2n) is 25.3. The largest absolute Gasteiger partial charge is 0.466 e. The molecule has 0 fully saturated rings. The van der Waals surface area contributed by atoms with Gasteiger partial charge in [0, 0.05) is 12.8 Å². The van der Waals surface area contributed by atoms with Crippen LogP contribution in [0.25, 0.3) is 0 Å². The van der Waals surface area contributed by atoms with Crippen molar-refractivity contribution in [2.24, 2.45) is 0 Å². The van der Waals surface area contributed by atoms with Gasteiger partial charge in [0.25, 0.3) is 0 Å². The number of unbranched alkanes of at least 4 members (excludes halogenated alkanes) is 56. The van der Waals surface area contributed by atoms with E-state index in [1.807, 2.05) is 6.08 Å². The van der Waals surface area contributed by atoms with E-state index in [1.54, 1.807) is 6.08 Å². The van der Waals surface area contributed by atoms with Crippen LogP contribution in [0.15, 0.2) is 24.3 Å². The lowest BCUT2D eigenvalue weighted by Crippen LogP contribution is -2.45. The summed E-state index contributed by atoms with van der Waals surface area (Å²) in [6, 6.07) is -0.632. The van der Waals surface area contributed by atoms with Crippen molar-refractivity contribution in [3.63, 3.8) is 0 Å². The molecule has 0 aliphatic carbocycles. The van der Waals surface area contributed by atoms with E-state index < -0.39 is 12.1 Å². The van der Waals surface area contributed by atoms with E-state index in [0.29, 0.717) is 19.4 Å². The zero-order valence-corrected chi connectivity index (χ0v) is 54.3. The van der Waals surface area contributed by atoms with Crippen LogP contribution in [0.5, 0.6) is 0 Å². The Hall–Kier alpha value is -1.66. The zero-order chi connectivity index (χ0) is 57.8. The minimum Gasteiger partial charge on any atom is -0.466 e. The second kappa shape index (κ2) is 69.8. The Labute approximate surface area is 501 Å². The van der Waals surface area contributed by atoms with E-state index in [0.717, 1.165) is 38.5 Å². The highest BCUT2D eigenvalue weighted by Gasteiger charge is 2.18. The number of ether oxygens (including phenoxy) is 1. The molecule has 80 heavy (non-hydrogen) atoms. The normalized spacial score (nSPS) is 12.6. The molecule has 0 aromatic heterocycles. The van der Waals surface area contributed by atoms with Crippen molar-refractivity contribution in [2.75, 3.05) is 13.2 Å². The van der Waals surface area contributed by atoms with Gasteiger partial charge >= 0.3 is 5.97 Å². The third kappa shape index (κ3) is 65.5. The molecule has 0 bridgehead atoms. The maximum atomic E-state index is 12.5. The predicted molar refractivity (Wildman–Crippen MR) is 352 cm³/mol. The molecule has 0 aromatic carbocycles. The van der Waals surface area contributed by atoms with Crippen LogP contribution in [0.2, 0.25) is 0 Å². The molecule has 6 nitrogen and oxygen atoms in total. The number of aliphatic hydroxyl groups excluding tert-OH is 2. The number of rotatable bonds is 69. The molecule has 3 N–H and O–H groups in total. The van der Waals surface area contributed by atoms with E-state index in [-0.39, 0.29) is 18.5 Å². The number of carbonyl (C=O) groups is 2. The van der Waals surface area contributed by atoms with Crippen molar-refractivity contribution < 1.29 is 24.5 Å². The maximum Gasteiger partial charge on any atom is 0.305 e. The Morgan fingerprint density at radius 3 is 0.887 bits per heavy atom. The minimum absolute atomic E-state index is 0.0159. The molecule has 0 spiro atoms. The van der Waals surface area contributed by atoms with Crippen LogP contribution in [0, 0.1) is 0 Å². The standard InChI is InChI=1S/C74H143NO5/c1-3-5-7-9-11-13-15-17-19-20-21-22-23-26-29-32-35-39-42-46-50-54-58-62-66-72(77)71(70-76)75-73(78)67-63-59-55-51-47-43-40-36-33-30-27-24-25-28-31-34-37-41-45-49-53-57-61-65-69-80-74(79)68-64-60-56-52-48-44-38-18-16-14-12-10-8-6-4-2/h27,30,62,66,71-72,76-77H,3-26,28-29,31-61,63-65,67-70H2,1-2H3,(H,75,78)/b30-27-,66-62+. The van der Waals surface area contributed by atoms with E-state index in [1.165, 1.54) is 347 Å². The number of nitrogens with one attached hydrogen (secondary N) is 1. The molecule has 0 saturated carbocycles. The lowest BCUT2D eigenvalue weighted by molar-refractivity contribution is -0.143. The first-order chi connectivity index (χ1) is 39.5. The van der Waals surface area contributed by atoms with Crippen molar-refractivity contribution in [2.45, 2.75) is 424 Å². The van der Waals surface area contributed by atoms with E-state index in [9.17, 15) is 19.8 Å².